The molecule has 0 fully saturated rings. The number of halogens is 1. The molecule has 0 atom stereocenters. The van der Waals surface area contributed by atoms with Crippen molar-refractivity contribution in [3.8, 4) is 0 Å². The molecule has 0 saturated carbocycles. The molecule has 0 N–H and O–H groups in total. The van der Waals surface area contributed by atoms with E-state index in [9.17, 15) is 0 Å². The lowest BCUT2D eigenvalue weighted by Crippen LogP contribution is -2.29. The van der Waals surface area contributed by atoms with E-state index in [0.29, 0.717) is 11.0 Å². The average Bonchev–Trinajstić information content (AvgIpc) is 2.81. The average molecular weight is 271 g/mol. The van der Waals surface area contributed by atoms with E-state index in [2.05, 4.69) is 23.8 Å². The van der Waals surface area contributed by atoms with Crippen molar-refractivity contribution in [2.24, 2.45) is 0 Å². The number of hydrogen-bond donors (Lipinski definition) is 0. The number of thiophene rings is 1. The smallest absolute Gasteiger partial charge is 0.163 e. The Bertz CT molecular complexity index is 514. The van der Waals surface area contributed by atoms with Gasteiger partial charge in [-0.2, -0.15) is 0 Å². The van der Waals surface area contributed by atoms with Gasteiger partial charge in [-0.15, -0.1) is 11.3 Å². The first-order chi connectivity index (χ1) is 8.16. The monoisotopic (exact) mass is 270 g/mol. The van der Waals surface area contributed by atoms with Crippen LogP contribution in [0.1, 0.15) is 32.5 Å². The fraction of sp³-hybridized carbons (Fsp3) is 0.500. The molecule has 0 aliphatic heterocycles. The minimum atomic E-state index is -0.429. The van der Waals surface area contributed by atoms with Crippen molar-refractivity contribution in [2.75, 3.05) is 7.11 Å². The lowest BCUT2D eigenvalue weighted by Gasteiger charge is -2.28. The van der Waals surface area contributed by atoms with Crippen LogP contribution in [-0.2, 0) is 10.3 Å². The summed E-state index contributed by atoms with van der Waals surface area (Å²) in [7, 11) is 1.70. The predicted molar refractivity (Wildman–Crippen MR) is 71.7 cm³/mol. The summed E-state index contributed by atoms with van der Waals surface area (Å²) in [5, 5.41) is 3.40. The van der Waals surface area contributed by atoms with E-state index >= 15 is 0 Å². The number of aromatic nitrogens is 2. The van der Waals surface area contributed by atoms with E-state index in [0.717, 1.165) is 23.1 Å². The van der Waals surface area contributed by atoms with Crippen LogP contribution in [0.25, 0.3) is 10.2 Å². The van der Waals surface area contributed by atoms with Gasteiger partial charge in [0, 0.05) is 12.5 Å². The van der Waals surface area contributed by atoms with Crippen LogP contribution in [0, 0.1) is 0 Å². The summed E-state index contributed by atoms with van der Waals surface area (Å²) in [6.45, 7) is 4.14. The highest BCUT2D eigenvalue weighted by atomic mass is 35.5. The molecule has 0 amide bonds. The van der Waals surface area contributed by atoms with Gasteiger partial charge in [0.25, 0.3) is 0 Å². The SMILES string of the molecule is CCC(CC)(OC)c1nc(Cl)c2ccsc2n1. The lowest BCUT2D eigenvalue weighted by molar-refractivity contribution is -0.0288. The minimum absolute atomic E-state index is 0.429. The third-order valence-electron chi connectivity index (χ3n) is 3.22. The number of methoxy groups -OCH3 is 1. The molecule has 2 heterocycles. The van der Waals surface area contributed by atoms with E-state index in [1.807, 2.05) is 11.4 Å². The summed E-state index contributed by atoms with van der Waals surface area (Å²) in [6, 6.07) is 1.94. The van der Waals surface area contributed by atoms with Gasteiger partial charge in [0.05, 0.1) is 0 Å². The van der Waals surface area contributed by atoms with E-state index in [1.165, 1.54) is 0 Å². The molecule has 0 unspecified atom stereocenters. The Morgan fingerprint density at radius 2 is 2.06 bits per heavy atom. The number of nitrogens with zero attached hydrogens (tertiary/aromatic N) is 2. The second-order valence-electron chi connectivity index (χ2n) is 3.88. The lowest BCUT2D eigenvalue weighted by atomic mass is 9.96. The zero-order valence-electron chi connectivity index (χ0n) is 10.2. The third kappa shape index (κ3) is 2.05. The molecule has 0 spiro atoms. The Balaban J connectivity index is 2.61. The molecule has 17 heavy (non-hydrogen) atoms. The van der Waals surface area contributed by atoms with E-state index in [1.54, 1.807) is 18.4 Å². The summed E-state index contributed by atoms with van der Waals surface area (Å²) in [6.07, 6.45) is 1.65. The molecule has 2 rings (SSSR count). The minimum Gasteiger partial charge on any atom is -0.370 e. The quantitative estimate of drug-likeness (QED) is 0.788. The van der Waals surface area contributed by atoms with Crippen LogP contribution in [0.15, 0.2) is 11.4 Å². The molecule has 0 bridgehead atoms. The second kappa shape index (κ2) is 4.88. The van der Waals surface area contributed by atoms with Gasteiger partial charge in [-0.1, -0.05) is 25.4 Å². The third-order valence-corrected chi connectivity index (χ3v) is 4.31. The number of ether oxygens (including phenoxy) is 1. The van der Waals surface area contributed by atoms with Crippen molar-refractivity contribution in [3.63, 3.8) is 0 Å². The van der Waals surface area contributed by atoms with Gasteiger partial charge >= 0.3 is 0 Å². The molecule has 0 radical (unpaired) electrons. The van der Waals surface area contributed by atoms with Crippen LogP contribution >= 0.6 is 22.9 Å². The highest BCUT2D eigenvalue weighted by Crippen LogP contribution is 2.33. The molecule has 0 saturated heterocycles. The Morgan fingerprint density at radius 3 is 2.65 bits per heavy atom. The summed E-state index contributed by atoms with van der Waals surface area (Å²) in [5.74, 6) is 0.685. The molecule has 92 valence electrons. The van der Waals surface area contributed by atoms with Crippen LogP contribution in [0.4, 0.5) is 0 Å². The van der Waals surface area contributed by atoms with Gasteiger partial charge in [0.15, 0.2) is 5.82 Å². The number of rotatable bonds is 4. The van der Waals surface area contributed by atoms with Gasteiger partial charge in [0.2, 0.25) is 0 Å². The number of fused-ring (bicyclic) bond motifs is 1. The molecule has 0 aromatic carbocycles. The van der Waals surface area contributed by atoms with Crippen molar-refractivity contribution in [1.82, 2.24) is 9.97 Å². The zero-order valence-corrected chi connectivity index (χ0v) is 11.7. The Kier molecular flexibility index (Phi) is 3.66. The van der Waals surface area contributed by atoms with Gasteiger partial charge in [0.1, 0.15) is 15.6 Å². The maximum Gasteiger partial charge on any atom is 0.163 e. The first-order valence-corrected chi connectivity index (χ1v) is 6.89. The zero-order chi connectivity index (χ0) is 12.5. The van der Waals surface area contributed by atoms with Crippen molar-refractivity contribution < 1.29 is 4.74 Å². The van der Waals surface area contributed by atoms with Gasteiger partial charge < -0.3 is 4.74 Å². The van der Waals surface area contributed by atoms with Crippen LogP contribution in [0.2, 0.25) is 5.15 Å². The maximum absolute atomic E-state index is 6.18. The van der Waals surface area contributed by atoms with E-state index in [-0.39, 0.29) is 0 Å². The molecule has 2 aromatic rings. The molecular weight excluding hydrogens is 256 g/mol. The highest BCUT2D eigenvalue weighted by molar-refractivity contribution is 7.16. The second-order valence-corrected chi connectivity index (χ2v) is 5.14. The topological polar surface area (TPSA) is 35.0 Å². The predicted octanol–water partition coefficient (Wildman–Crippen LogP) is 4.01. The van der Waals surface area contributed by atoms with Crippen molar-refractivity contribution in [1.29, 1.82) is 0 Å². The summed E-state index contributed by atoms with van der Waals surface area (Å²) < 4.78 is 5.62. The Labute approximate surface area is 110 Å². The maximum atomic E-state index is 6.18. The van der Waals surface area contributed by atoms with Gasteiger partial charge in [-0.05, 0) is 24.3 Å². The van der Waals surface area contributed by atoms with E-state index < -0.39 is 5.60 Å². The molecule has 3 nitrogen and oxygen atoms in total. The first-order valence-electron chi connectivity index (χ1n) is 5.63. The fourth-order valence-electron chi connectivity index (χ4n) is 1.97. The first kappa shape index (κ1) is 12.7. The van der Waals surface area contributed by atoms with Crippen molar-refractivity contribution >= 4 is 33.2 Å². The van der Waals surface area contributed by atoms with Crippen LogP contribution in [0.3, 0.4) is 0 Å². The van der Waals surface area contributed by atoms with Crippen LogP contribution in [-0.4, -0.2) is 17.1 Å². The van der Waals surface area contributed by atoms with E-state index in [4.69, 9.17) is 16.3 Å². The fourth-order valence-corrected chi connectivity index (χ4v) is 3.02. The molecule has 2 aromatic heterocycles. The molecule has 0 aliphatic rings. The Morgan fingerprint density at radius 1 is 1.35 bits per heavy atom. The largest absolute Gasteiger partial charge is 0.370 e. The number of hydrogen-bond acceptors (Lipinski definition) is 4. The highest BCUT2D eigenvalue weighted by Gasteiger charge is 2.32. The van der Waals surface area contributed by atoms with Gasteiger partial charge in [-0.25, -0.2) is 9.97 Å². The van der Waals surface area contributed by atoms with Crippen molar-refractivity contribution in [2.45, 2.75) is 32.3 Å². The molecule has 5 heteroatoms. The van der Waals surface area contributed by atoms with Crippen LogP contribution in [0.5, 0.6) is 0 Å². The van der Waals surface area contributed by atoms with Gasteiger partial charge in [-0.3, -0.25) is 0 Å². The molecular formula is C12H15ClN2OS. The standard InChI is InChI=1S/C12H15ClN2OS/c1-4-12(5-2,16-3)11-14-9(13)8-6-7-17-10(8)15-11/h6-7H,4-5H2,1-3H3. The summed E-state index contributed by atoms with van der Waals surface area (Å²) >= 11 is 7.75. The Hall–Kier alpha value is -0.710. The molecule has 0 aliphatic carbocycles. The normalized spacial score (nSPS) is 12.2. The van der Waals surface area contributed by atoms with Crippen molar-refractivity contribution in [3.05, 3.63) is 22.4 Å². The summed E-state index contributed by atoms with van der Waals surface area (Å²) in [4.78, 5) is 9.89. The summed E-state index contributed by atoms with van der Waals surface area (Å²) in [5.41, 5.74) is -0.429. The van der Waals surface area contributed by atoms with Crippen LogP contribution < -0.4 is 0 Å².